The van der Waals surface area contributed by atoms with Crippen LogP contribution in [0.1, 0.15) is 15.9 Å². The van der Waals surface area contributed by atoms with Crippen molar-refractivity contribution in [2.45, 2.75) is 6.54 Å². The van der Waals surface area contributed by atoms with Crippen molar-refractivity contribution < 1.29 is 4.79 Å². The molecule has 0 N–H and O–H groups in total. The highest BCUT2D eigenvalue weighted by Gasteiger charge is 2.18. The van der Waals surface area contributed by atoms with E-state index in [0.717, 1.165) is 22.5 Å². The summed E-state index contributed by atoms with van der Waals surface area (Å²) in [5.74, 6) is -0.124. The Labute approximate surface area is 174 Å². The monoisotopic (exact) mass is 402 g/mol. The van der Waals surface area contributed by atoms with Gasteiger partial charge in [-0.1, -0.05) is 60.1 Å². The van der Waals surface area contributed by atoms with Crippen molar-refractivity contribution >= 4 is 17.5 Å². The van der Waals surface area contributed by atoms with Gasteiger partial charge in [-0.25, -0.2) is 9.67 Å². The van der Waals surface area contributed by atoms with Crippen LogP contribution in [0.2, 0.25) is 5.15 Å². The fraction of sp³-hybridized carbons (Fsp3) is 0.0870. The second kappa shape index (κ2) is 8.29. The summed E-state index contributed by atoms with van der Waals surface area (Å²) in [5, 5.41) is 5.16. The Hall–Kier alpha value is -3.44. The Morgan fingerprint density at radius 2 is 1.69 bits per heavy atom. The van der Waals surface area contributed by atoms with Crippen LogP contribution in [0.5, 0.6) is 0 Å². The van der Waals surface area contributed by atoms with Gasteiger partial charge in [0, 0.05) is 37.1 Å². The van der Waals surface area contributed by atoms with E-state index < -0.39 is 0 Å². The topological polar surface area (TPSA) is 51.0 Å². The number of rotatable bonds is 5. The zero-order chi connectivity index (χ0) is 20.2. The second-order valence-electron chi connectivity index (χ2n) is 6.68. The molecule has 29 heavy (non-hydrogen) atoms. The zero-order valence-electron chi connectivity index (χ0n) is 15.9. The quantitative estimate of drug-likeness (QED) is 0.448. The third-order valence-electron chi connectivity index (χ3n) is 4.59. The van der Waals surface area contributed by atoms with Crippen LogP contribution in [0.4, 0.5) is 0 Å². The van der Waals surface area contributed by atoms with Crippen molar-refractivity contribution in [3.05, 3.63) is 101 Å². The van der Waals surface area contributed by atoms with Crippen LogP contribution in [-0.4, -0.2) is 32.6 Å². The first-order valence-corrected chi connectivity index (χ1v) is 9.56. The summed E-state index contributed by atoms with van der Waals surface area (Å²) in [5.41, 5.74) is 4.27. The van der Waals surface area contributed by atoms with Crippen molar-refractivity contribution in [2.24, 2.45) is 0 Å². The summed E-state index contributed by atoms with van der Waals surface area (Å²) < 4.78 is 1.85. The fourth-order valence-corrected chi connectivity index (χ4v) is 3.24. The molecule has 2 aromatic heterocycles. The maximum Gasteiger partial charge on any atom is 0.255 e. The van der Waals surface area contributed by atoms with E-state index in [1.165, 1.54) is 6.20 Å². The lowest BCUT2D eigenvalue weighted by Crippen LogP contribution is -2.26. The average molecular weight is 403 g/mol. The summed E-state index contributed by atoms with van der Waals surface area (Å²) in [4.78, 5) is 18.5. The highest BCUT2D eigenvalue weighted by Crippen LogP contribution is 2.25. The third-order valence-corrected chi connectivity index (χ3v) is 4.81. The van der Waals surface area contributed by atoms with Crippen molar-refractivity contribution in [2.75, 3.05) is 7.05 Å². The molecule has 5 nitrogen and oxygen atoms in total. The molecule has 0 spiro atoms. The summed E-state index contributed by atoms with van der Waals surface area (Å²) in [6.45, 7) is 0.415. The summed E-state index contributed by atoms with van der Waals surface area (Å²) in [6.07, 6.45) is 3.47. The molecule has 0 aliphatic carbocycles. The van der Waals surface area contributed by atoms with E-state index in [0.29, 0.717) is 17.3 Å². The number of para-hydroxylation sites is 1. The highest BCUT2D eigenvalue weighted by atomic mass is 35.5. The zero-order valence-corrected chi connectivity index (χ0v) is 16.6. The number of benzene rings is 2. The minimum absolute atomic E-state index is 0.124. The van der Waals surface area contributed by atoms with E-state index in [1.54, 1.807) is 24.1 Å². The Kier molecular flexibility index (Phi) is 5.40. The lowest BCUT2D eigenvalue weighted by molar-refractivity contribution is 0.0785. The standard InChI is InChI=1S/C23H19ClN4O/c1-27(23(29)18-12-13-21(24)25-14-18)15-19-16-28(20-10-6-3-7-11-20)26-22(19)17-8-4-2-5-9-17/h2-14,16H,15H2,1H3. The summed E-state index contributed by atoms with van der Waals surface area (Å²) in [6, 6.07) is 23.2. The molecule has 6 heteroatoms. The molecule has 1 amide bonds. The molecular formula is C23H19ClN4O. The number of aromatic nitrogens is 3. The van der Waals surface area contributed by atoms with Crippen LogP contribution in [-0.2, 0) is 6.54 Å². The normalized spacial score (nSPS) is 10.7. The molecule has 144 valence electrons. The highest BCUT2D eigenvalue weighted by molar-refractivity contribution is 6.29. The van der Waals surface area contributed by atoms with Crippen LogP contribution in [0.15, 0.2) is 85.2 Å². The van der Waals surface area contributed by atoms with Crippen molar-refractivity contribution in [3.8, 4) is 16.9 Å². The Morgan fingerprint density at radius 1 is 1.00 bits per heavy atom. The van der Waals surface area contributed by atoms with Crippen molar-refractivity contribution in [1.82, 2.24) is 19.7 Å². The lowest BCUT2D eigenvalue weighted by atomic mass is 10.1. The van der Waals surface area contributed by atoms with Gasteiger partial charge in [0.1, 0.15) is 5.15 Å². The first-order valence-electron chi connectivity index (χ1n) is 9.18. The predicted molar refractivity (Wildman–Crippen MR) is 114 cm³/mol. The Balaban J connectivity index is 1.67. The van der Waals surface area contributed by atoms with Crippen LogP contribution >= 0.6 is 11.6 Å². The molecular weight excluding hydrogens is 384 g/mol. The Morgan fingerprint density at radius 3 is 2.34 bits per heavy atom. The molecule has 0 aliphatic heterocycles. The second-order valence-corrected chi connectivity index (χ2v) is 7.07. The first-order chi connectivity index (χ1) is 14.1. The van der Waals surface area contributed by atoms with E-state index in [-0.39, 0.29) is 5.91 Å². The molecule has 0 unspecified atom stereocenters. The molecule has 0 fully saturated rings. The van der Waals surface area contributed by atoms with Gasteiger partial charge in [-0.05, 0) is 24.3 Å². The van der Waals surface area contributed by atoms with E-state index in [4.69, 9.17) is 16.7 Å². The molecule has 4 rings (SSSR count). The van der Waals surface area contributed by atoms with E-state index >= 15 is 0 Å². The van der Waals surface area contributed by atoms with Gasteiger partial charge >= 0.3 is 0 Å². The minimum Gasteiger partial charge on any atom is -0.337 e. The van der Waals surface area contributed by atoms with Gasteiger partial charge in [0.2, 0.25) is 0 Å². The average Bonchev–Trinajstić information content (AvgIpc) is 3.19. The fourth-order valence-electron chi connectivity index (χ4n) is 3.13. The lowest BCUT2D eigenvalue weighted by Gasteiger charge is -2.17. The molecule has 2 heterocycles. The summed E-state index contributed by atoms with van der Waals surface area (Å²) >= 11 is 5.83. The molecule has 0 radical (unpaired) electrons. The SMILES string of the molecule is CN(Cc1cn(-c2ccccc2)nc1-c1ccccc1)C(=O)c1ccc(Cl)nc1. The maximum absolute atomic E-state index is 12.8. The van der Waals surface area contributed by atoms with Gasteiger partial charge in [-0.3, -0.25) is 4.79 Å². The van der Waals surface area contributed by atoms with Crippen LogP contribution < -0.4 is 0 Å². The molecule has 4 aromatic rings. The van der Waals surface area contributed by atoms with Gasteiger partial charge in [0.05, 0.1) is 16.9 Å². The predicted octanol–water partition coefficient (Wildman–Crippen LogP) is 4.86. The maximum atomic E-state index is 12.8. The number of nitrogens with zero attached hydrogens (tertiary/aromatic N) is 4. The molecule has 0 saturated heterocycles. The number of hydrogen-bond acceptors (Lipinski definition) is 3. The van der Waals surface area contributed by atoms with E-state index in [1.807, 2.05) is 71.5 Å². The van der Waals surface area contributed by atoms with Gasteiger partial charge in [0.25, 0.3) is 5.91 Å². The summed E-state index contributed by atoms with van der Waals surface area (Å²) in [7, 11) is 1.77. The number of hydrogen-bond donors (Lipinski definition) is 0. The van der Waals surface area contributed by atoms with E-state index in [2.05, 4.69) is 4.98 Å². The first kappa shape index (κ1) is 18.9. The number of halogens is 1. The Bertz CT molecular complexity index is 1110. The van der Waals surface area contributed by atoms with Crippen molar-refractivity contribution in [3.63, 3.8) is 0 Å². The molecule has 0 saturated carbocycles. The van der Waals surface area contributed by atoms with Gasteiger partial charge in [-0.15, -0.1) is 0 Å². The van der Waals surface area contributed by atoms with Crippen molar-refractivity contribution in [1.29, 1.82) is 0 Å². The van der Waals surface area contributed by atoms with Gasteiger partial charge in [0.15, 0.2) is 0 Å². The van der Waals surface area contributed by atoms with Gasteiger partial charge in [-0.2, -0.15) is 5.10 Å². The number of amides is 1. The smallest absolute Gasteiger partial charge is 0.255 e. The molecule has 0 bridgehead atoms. The minimum atomic E-state index is -0.124. The van der Waals surface area contributed by atoms with Crippen LogP contribution in [0.3, 0.4) is 0 Å². The number of carbonyl (C=O) groups excluding carboxylic acids is 1. The molecule has 2 aromatic carbocycles. The number of carbonyl (C=O) groups is 1. The van der Waals surface area contributed by atoms with Crippen LogP contribution in [0, 0.1) is 0 Å². The number of pyridine rings is 1. The largest absolute Gasteiger partial charge is 0.337 e. The molecule has 0 aliphatic rings. The van der Waals surface area contributed by atoms with Gasteiger partial charge < -0.3 is 4.90 Å². The van der Waals surface area contributed by atoms with Crippen LogP contribution in [0.25, 0.3) is 16.9 Å². The third kappa shape index (κ3) is 4.20. The van der Waals surface area contributed by atoms with E-state index in [9.17, 15) is 4.79 Å². The molecule has 0 atom stereocenters.